The highest BCUT2D eigenvalue weighted by Crippen LogP contribution is 2.22. The topological polar surface area (TPSA) is 77.2 Å². The molecule has 1 aromatic heterocycles. The van der Waals surface area contributed by atoms with Gasteiger partial charge >= 0.3 is 5.97 Å². The van der Waals surface area contributed by atoms with Crippen LogP contribution in [0.5, 0.6) is 0 Å². The van der Waals surface area contributed by atoms with E-state index in [9.17, 15) is 4.79 Å². The molecular weight excluding hydrogens is 266 g/mol. The Balaban J connectivity index is 2.20. The monoisotopic (exact) mass is 285 g/mol. The molecule has 0 aliphatic heterocycles. The third-order valence-corrected chi connectivity index (χ3v) is 3.08. The fraction of sp³-hybridized carbons (Fsp3) is 0.250. The predicted octanol–water partition coefficient (Wildman–Crippen LogP) is 3.15. The van der Waals surface area contributed by atoms with Crippen LogP contribution in [0.2, 0.25) is 0 Å². The van der Waals surface area contributed by atoms with E-state index < -0.39 is 5.97 Å². The summed E-state index contributed by atoms with van der Waals surface area (Å²) in [5.74, 6) is -0.0440. The number of methoxy groups -OCH3 is 1. The molecule has 5 nitrogen and oxygen atoms in total. The van der Waals surface area contributed by atoms with Gasteiger partial charge in [-0.25, -0.2) is 9.78 Å². The summed E-state index contributed by atoms with van der Waals surface area (Å²) in [7, 11) is 1.32. The number of nitrogens with one attached hydrogen (secondary N) is 1. The van der Waals surface area contributed by atoms with E-state index in [4.69, 9.17) is 5.73 Å². The third-order valence-electron chi connectivity index (χ3n) is 3.08. The van der Waals surface area contributed by atoms with Crippen molar-refractivity contribution in [2.45, 2.75) is 19.8 Å². The van der Waals surface area contributed by atoms with E-state index >= 15 is 0 Å². The van der Waals surface area contributed by atoms with Crippen molar-refractivity contribution >= 4 is 23.2 Å². The van der Waals surface area contributed by atoms with E-state index in [1.807, 2.05) is 12.1 Å². The van der Waals surface area contributed by atoms with Gasteiger partial charge in [0.25, 0.3) is 0 Å². The first-order valence-electron chi connectivity index (χ1n) is 6.85. The second-order valence-corrected chi connectivity index (χ2v) is 4.70. The Morgan fingerprint density at radius 2 is 1.95 bits per heavy atom. The Hall–Kier alpha value is -2.56. The average Bonchev–Trinajstić information content (AvgIpc) is 2.51. The summed E-state index contributed by atoms with van der Waals surface area (Å²) in [6.45, 7) is 2.15. The SMILES string of the molecule is CCCc1ccc(Nc2nc(C(=O)OC)ccc2N)cc1. The second-order valence-electron chi connectivity index (χ2n) is 4.70. The van der Waals surface area contributed by atoms with Crippen molar-refractivity contribution in [1.29, 1.82) is 0 Å². The van der Waals surface area contributed by atoms with E-state index in [1.165, 1.54) is 18.7 Å². The molecule has 0 aliphatic carbocycles. The first-order valence-corrected chi connectivity index (χ1v) is 6.85. The van der Waals surface area contributed by atoms with Gasteiger partial charge in [0.15, 0.2) is 11.5 Å². The summed E-state index contributed by atoms with van der Waals surface area (Å²) in [6.07, 6.45) is 2.17. The molecule has 2 rings (SSSR count). The molecule has 1 heterocycles. The molecule has 2 aromatic rings. The molecular formula is C16H19N3O2. The minimum atomic E-state index is -0.489. The van der Waals surface area contributed by atoms with Gasteiger partial charge in [0, 0.05) is 5.69 Å². The standard InChI is InChI=1S/C16H19N3O2/c1-3-4-11-5-7-12(8-6-11)18-15-13(17)9-10-14(19-15)16(20)21-2/h5-10H,3-4,17H2,1-2H3,(H,18,19). The molecule has 1 aromatic carbocycles. The second kappa shape index (κ2) is 6.74. The number of nitrogen functional groups attached to an aromatic ring is 1. The zero-order chi connectivity index (χ0) is 15.2. The van der Waals surface area contributed by atoms with Crippen LogP contribution in [0.15, 0.2) is 36.4 Å². The van der Waals surface area contributed by atoms with Crippen LogP contribution >= 0.6 is 0 Å². The van der Waals surface area contributed by atoms with Gasteiger partial charge in [0.1, 0.15) is 0 Å². The summed E-state index contributed by atoms with van der Waals surface area (Å²) >= 11 is 0. The molecule has 3 N–H and O–H groups in total. The summed E-state index contributed by atoms with van der Waals surface area (Å²) in [5.41, 5.74) is 8.73. The zero-order valence-corrected chi connectivity index (χ0v) is 12.2. The highest BCUT2D eigenvalue weighted by Gasteiger charge is 2.10. The van der Waals surface area contributed by atoms with E-state index in [0.717, 1.165) is 18.5 Å². The molecule has 0 atom stereocenters. The smallest absolute Gasteiger partial charge is 0.356 e. The van der Waals surface area contributed by atoms with Gasteiger partial charge in [-0.2, -0.15) is 0 Å². The van der Waals surface area contributed by atoms with Crippen molar-refractivity contribution in [3.8, 4) is 0 Å². The molecule has 0 saturated carbocycles. The summed E-state index contributed by atoms with van der Waals surface area (Å²) in [6, 6.07) is 11.2. The Labute approximate surface area is 124 Å². The van der Waals surface area contributed by atoms with Crippen molar-refractivity contribution in [2.24, 2.45) is 0 Å². The molecule has 0 saturated heterocycles. The minimum Gasteiger partial charge on any atom is -0.464 e. The van der Waals surface area contributed by atoms with Crippen molar-refractivity contribution in [3.05, 3.63) is 47.7 Å². The number of aromatic nitrogens is 1. The van der Waals surface area contributed by atoms with Crippen molar-refractivity contribution in [2.75, 3.05) is 18.2 Å². The lowest BCUT2D eigenvalue weighted by Crippen LogP contribution is -2.07. The van der Waals surface area contributed by atoms with Crippen LogP contribution in [-0.4, -0.2) is 18.1 Å². The quantitative estimate of drug-likeness (QED) is 0.825. The van der Waals surface area contributed by atoms with Crippen LogP contribution in [0, 0.1) is 0 Å². The van der Waals surface area contributed by atoms with Crippen LogP contribution in [-0.2, 0) is 11.2 Å². The van der Waals surface area contributed by atoms with Crippen LogP contribution < -0.4 is 11.1 Å². The number of carbonyl (C=O) groups is 1. The maximum absolute atomic E-state index is 11.5. The summed E-state index contributed by atoms with van der Waals surface area (Å²) in [5, 5.41) is 3.12. The number of benzene rings is 1. The van der Waals surface area contributed by atoms with Gasteiger partial charge in [-0.05, 0) is 36.2 Å². The van der Waals surface area contributed by atoms with Crippen molar-refractivity contribution in [3.63, 3.8) is 0 Å². The first-order chi connectivity index (χ1) is 10.1. The highest BCUT2D eigenvalue weighted by molar-refractivity contribution is 5.88. The maximum atomic E-state index is 11.5. The van der Waals surface area contributed by atoms with Crippen LogP contribution in [0.1, 0.15) is 29.4 Å². The average molecular weight is 285 g/mol. The minimum absolute atomic E-state index is 0.219. The van der Waals surface area contributed by atoms with Gasteiger partial charge in [-0.3, -0.25) is 0 Å². The number of anilines is 3. The molecule has 5 heteroatoms. The number of nitrogens with two attached hydrogens (primary N) is 1. The van der Waals surface area contributed by atoms with Gasteiger partial charge < -0.3 is 15.8 Å². The summed E-state index contributed by atoms with van der Waals surface area (Å²) in [4.78, 5) is 15.7. The summed E-state index contributed by atoms with van der Waals surface area (Å²) < 4.78 is 4.65. The van der Waals surface area contributed by atoms with Crippen molar-refractivity contribution in [1.82, 2.24) is 4.98 Å². The number of pyridine rings is 1. The lowest BCUT2D eigenvalue weighted by Gasteiger charge is -2.10. The lowest BCUT2D eigenvalue weighted by molar-refractivity contribution is 0.0594. The molecule has 0 spiro atoms. The molecule has 0 amide bonds. The number of nitrogens with zero attached hydrogens (tertiary/aromatic N) is 1. The fourth-order valence-corrected chi connectivity index (χ4v) is 1.97. The van der Waals surface area contributed by atoms with Crippen LogP contribution in [0.3, 0.4) is 0 Å². The van der Waals surface area contributed by atoms with Crippen LogP contribution in [0.4, 0.5) is 17.2 Å². The molecule has 110 valence electrons. The van der Waals surface area contributed by atoms with E-state index in [0.29, 0.717) is 11.5 Å². The Morgan fingerprint density at radius 1 is 1.24 bits per heavy atom. The largest absolute Gasteiger partial charge is 0.464 e. The third kappa shape index (κ3) is 3.72. The van der Waals surface area contributed by atoms with Gasteiger partial charge in [-0.15, -0.1) is 0 Å². The first kappa shape index (κ1) is 14.8. The van der Waals surface area contributed by atoms with Crippen molar-refractivity contribution < 1.29 is 9.53 Å². The molecule has 0 aliphatic rings. The van der Waals surface area contributed by atoms with E-state index in [1.54, 1.807) is 6.07 Å². The Kier molecular flexibility index (Phi) is 4.77. The zero-order valence-electron chi connectivity index (χ0n) is 12.2. The number of hydrogen-bond donors (Lipinski definition) is 2. The fourth-order valence-electron chi connectivity index (χ4n) is 1.97. The molecule has 0 bridgehead atoms. The van der Waals surface area contributed by atoms with Gasteiger partial charge in [0.2, 0.25) is 0 Å². The Morgan fingerprint density at radius 3 is 2.57 bits per heavy atom. The number of rotatable bonds is 5. The molecule has 21 heavy (non-hydrogen) atoms. The lowest BCUT2D eigenvalue weighted by atomic mass is 10.1. The van der Waals surface area contributed by atoms with Crippen LogP contribution in [0.25, 0.3) is 0 Å². The molecule has 0 fully saturated rings. The number of hydrogen-bond acceptors (Lipinski definition) is 5. The van der Waals surface area contributed by atoms with E-state index in [2.05, 4.69) is 34.1 Å². The van der Waals surface area contributed by atoms with Gasteiger partial charge in [-0.1, -0.05) is 25.5 Å². The number of esters is 1. The normalized spacial score (nSPS) is 10.2. The molecule has 0 radical (unpaired) electrons. The maximum Gasteiger partial charge on any atom is 0.356 e. The molecule has 0 unspecified atom stereocenters. The highest BCUT2D eigenvalue weighted by atomic mass is 16.5. The predicted molar refractivity (Wildman–Crippen MR) is 83.7 cm³/mol. The Bertz CT molecular complexity index is 624. The number of carbonyl (C=O) groups excluding carboxylic acids is 1. The van der Waals surface area contributed by atoms with E-state index in [-0.39, 0.29) is 5.69 Å². The number of aryl methyl sites for hydroxylation is 1. The van der Waals surface area contributed by atoms with Gasteiger partial charge in [0.05, 0.1) is 12.8 Å². The number of ether oxygens (including phenoxy) is 1.